The fraction of sp³-hybridized carbons (Fsp3) is 0.269. The Hall–Kier alpha value is -3.10. The number of carbonyl (C=O) groups excluding carboxylic acids is 1. The van der Waals surface area contributed by atoms with Gasteiger partial charge in [0.05, 0.1) is 23.9 Å². The lowest BCUT2D eigenvalue weighted by molar-refractivity contribution is -0.113. The van der Waals surface area contributed by atoms with Crippen LogP contribution in [0.5, 0.6) is 5.75 Å². The number of ether oxygens (including phenoxy) is 1. The van der Waals surface area contributed by atoms with Crippen molar-refractivity contribution in [1.29, 1.82) is 0 Å². The van der Waals surface area contributed by atoms with Crippen LogP contribution in [0.3, 0.4) is 0 Å². The second-order valence-corrected chi connectivity index (χ2v) is 10.5. The summed E-state index contributed by atoms with van der Waals surface area (Å²) >= 11 is 2.89. The lowest BCUT2D eigenvalue weighted by Crippen LogP contribution is -2.23. The van der Waals surface area contributed by atoms with E-state index in [0.29, 0.717) is 22.5 Å². The minimum absolute atomic E-state index is 0.0565. The van der Waals surface area contributed by atoms with Gasteiger partial charge in [0.1, 0.15) is 10.6 Å². The Labute approximate surface area is 206 Å². The van der Waals surface area contributed by atoms with E-state index < -0.39 is 0 Å². The van der Waals surface area contributed by atoms with E-state index in [4.69, 9.17) is 9.72 Å². The molecule has 2 aromatic carbocycles. The molecular formula is C26H25N3O3S2. The van der Waals surface area contributed by atoms with Crippen LogP contribution in [-0.2, 0) is 17.6 Å². The predicted molar refractivity (Wildman–Crippen MR) is 139 cm³/mol. The average Bonchev–Trinajstić information content (AvgIpc) is 3.21. The number of carbonyl (C=O) groups is 1. The topological polar surface area (TPSA) is 73.2 Å². The highest BCUT2D eigenvalue weighted by Crippen LogP contribution is 2.37. The number of thioether (sulfide) groups is 1. The molecule has 0 radical (unpaired) electrons. The zero-order valence-corrected chi connectivity index (χ0v) is 20.7. The number of thiophene rings is 1. The Balaban J connectivity index is 1.49. The molecule has 1 aliphatic carbocycles. The number of para-hydroxylation sites is 1. The monoisotopic (exact) mass is 491 g/mol. The Bertz CT molecular complexity index is 1410. The summed E-state index contributed by atoms with van der Waals surface area (Å²) in [6, 6.07) is 16.7. The van der Waals surface area contributed by atoms with Gasteiger partial charge in [0, 0.05) is 16.6 Å². The van der Waals surface area contributed by atoms with Crippen LogP contribution in [0.2, 0.25) is 0 Å². The van der Waals surface area contributed by atoms with Gasteiger partial charge in [-0.3, -0.25) is 14.2 Å². The molecule has 1 atom stereocenters. The van der Waals surface area contributed by atoms with E-state index >= 15 is 0 Å². The first-order chi connectivity index (χ1) is 16.5. The number of rotatable bonds is 6. The van der Waals surface area contributed by atoms with Crippen LogP contribution in [0, 0.1) is 5.92 Å². The van der Waals surface area contributed by atoms with Gasteiger partial charge in [-0.2, -0.15) is 0 Å². The molecule has 0 spiro atoms. The third-order valence-corrected chi connectivity index (χ3v) is 8.09. The van der Waals surface area contributed by atoms with Crippen LogP contribution < -0.4 is 15.6 Å². The first-order valence-corrected chi connectivity index (χ1v) is 13.0. The zero-order chi connectivity index (χ0) is 23.7. The molecule has 8 heteroatoms. The Morgan fingerprint density at radius 2 is 2.06 bits per heavy atom. The molecule has 2 heterocycles. The molecule has 1 N–H and O–H groups in total. The number of fused-ring (bicyclic) bond motifs is 3. The summed E-state index contributed by atoms with van der Waals surface area (Å²) < 4.78 is 6.87. The quantitative estimate of drug-likeness (QED) is 0.292. The number of nitrogens with one attached hydrogen (secondary N) is 1. The number of methoxy groups -OCH3 is 1. The molecule has 6 nitrogen and oxygen atoms in total. The molecule has 0 saturated heterocycles. The third kappa shape index (κ3) is 4.48. The molecule has 0 aliphatic heterocycles. The lowest BCUT2D eigenvalue weighted by atomic mass is 9.89. The number of aromatic nitrogens is 2. The summed E-state index contributed by atoms with van der Waals surface area (Å²) in [6.45, 7) is 2.26. The molecule has 1 unspecified atom stereocenters. The number of aryl methyl sites for hydroxylation is 1. The van der Waals surface area contributed by atoms with E-state index in [1.807, 2.05) is 48.5 Å². The zero-order valence-electron chi connectivity index (χ0n) is 19.0. The molecule has 0 bridgehead atoms. The van der Waals surface area contributed by atoms with Gasteiger partial charge in [0.25, 0.3) is 5.56 Å². The molecule has 4 aromatic rings. The van der Waals surface area contributed by atoms with Crippen molar-refractivity contribution >= 4 is 44.9 Å². The van der Waals surface area contributed by atoms with Gasteiger partial charge >= 0.3 is 0 Å². The van der Waals surface area contributed by atoms with Crippen LogP contribution in [0.25, 0.3) is 15.9 Å². The summed E-state index contributed by atoms with van der Waals surface area (Å²) in [4.78, 5) is 33.4. The standard InChI is InChI=1S/C26H25N3O3S2/c1-16-11-12-20-21(13-16)34-24-23(20)25(31)29(18-8-4-3-5-9-18)26(28-24)33-15-22(30)27-17-7-6-10-19(14-17)32-2/h3-10,14,16H,11-13,15H2,1-2H3,(H,27,30). The first-order valence-electron chi connectivity index (χ1n) is 11.2. The van der Waals surface area contributed by atoms with Crippen molar-refractivity contribution in [2.24, 2.45) is 5.92 Å². The van der Waals surface area contributed by atoms with Crippen molar-refractivity contribution in [3.05, 3.63) is 75.4 Å². The molecule has 2 aromatic heterocycles. The van der Waals surface area contributed by atoms with Crippen molar-refractivity contribution in [2.45, 2.75) is 31.3 Å². The molecule has 1 aliphatic rings. The number of amides is 1. The Kier molecular flexibility index (Phi) is 6.43. The van der Waals surface area contributed by atoms with Crippen LogP contribution in [0.15, 0.2) is 64.5 Å². The molecule has 1 amide bonds. The maximum Gasteiger partial charge on any atom is 0.267 e. The smallest absolute Gasteiger partial charge is 0.267 e. The highest BCUT2D eigenvalue weighted by molar-refractivity contribution is 7.99. The average molecular weight is 492 g/mol. The maximum absolute atomic E-state index is 13.8. The number of nitrogens with zero attached hydrogens (tertiary/aromatic N) is 2. The van der Waals surface area contributed by atoms with Gasteiger partial charge in [0.15, 0.2) is 5.16 Å². The van der Waals surface area contributed by atoms with Gasteiger partial charge in [-0.1, -0.05) is 43.0 Å². The predicted octanol–water partition coefficient (Wildman–Crippen LogP) is 5.31. The van der Waals surface area contributed by atoms with Gasteiger partial charge in [0.2, 0.25) is 5.91 Å². The fourth-order valence-electron chi connectivity index (χ4n) is 4.30. The molecule has 174 valence electrons. The summed E-state index contributed by atoms with van der Waals surface area (Å²) in [5, 5.41) is 4.15. The van der Waals surface area contributed by atoms with Crippen LogP contribution in [0.1, 0.15) is 23.8 Å². The molecular weight excluding hydrogens is 466 g/mol. The van der Waals surface area contributed by atoms with E-state index in [1.165, 1.54) is 16.6 Å². The second-order valence-electron chi connectivity index (χ2n) is 8.47. The Morgan fingerprint density at radius 3 is 2.85 bits per heavy atom. The van der Waals surface area contributed by atoms with Crippen molar-refractivity contribution in [3.63, 3.8) is 0 Å². The third-order valence-electron chi connectivity index (χ3n) is 6.00. The van der Waals surface area contributed by atoms with Crippen molar-refractivity contribution in [2.75, 3.05) is 18.2 Å². The highest BCUT2D eigenvalue weighted by atomic mass is 32.2. The summed E-state index contributed by atoms with van der Waals surface area (Å²) in [6.07, 6.45) is 2.99. The SMILES string of the molecule is COc1cccc(NC(=O)CSc2nc3sc4c(c3c(=O)n2-c2ccccc2)CCC(C)C4)c1. The molecule has 5 rings (SSSR count). The van der Waals surface area contributed by atoms with E-state index in [2.05, 4.69) is 12.2 Å². The molecule has 0 saturated carbocycles. The summed E-state index contributed by atoms with van der Waals surface area (Å²) in [5.74, 6) is 1.24. The van der Waals surface area contributed by atoms with Gasteiger partial charge in [-0.05, 0) is 55.0 Å². The number of anilines is 1. The van der Waals surface area contributed by atoms with Crippen molar-refractivity contribution < 1.29 is 9.53 Å². The van der Waals surface area contributed by atoms with Crippen LogP contribution in [-0.4, -0.2) is 28.3 Å². The van der Waals surface area contributed by atoms with Crippen molar-refractivity contribution in [1.82, 2.24) is 9.55 Å². The largest absolute Gasteiger partial charge is 0.497 e. The van der Waals surface area contributed by atoms with E-state index in [0.717, 1.165) is 40.7 Å². The van der Waals surface area contributed by atoms with Crippen LogP contribution >= 0.6 is 23.1 Å². The van der Waals surface area contributed by atoms with Crippen LogP contribution in [0.4, 0.5) is 5.69 Å². The minimum atomic E-state index is -0.175. The minimum Gasteiger partial charge on any atom is -0.497 e. The van der Waals surface area contributed by atoms with Crippen molar-refractivity contribution in [3.8, 4) is 11.4 Å². The number of benzene rings is 2. The first kappa shape index (κ1) is 22.7. The Morgan fingerprint density at radius 1 is 1.24 bits per heavy atom. The lowest BCUT2D eigenvalue weighted by Gasteiger charge is -2.17. The summed E-state index contributed by atoms with van der Waals surface area (Å²) in [5.41, 5.74) is 2.52. The number of hydrogen-bond donors (Lipinski definition) is 1. The van der Waals surface area contributed by atoms with E-state index in [1.54, 1.807) is 29.1 Å². The fourth-order valence-corrected chi connectivity index (χ4v) is 6.54. The normalized spacial score (nSPS) is 15.2. The molecule has 34 heavy (non-hydrogen) atoms. The summed E-state index contributed by atoms with van der Waals surface area (Å²) in [7, 11) is 1.59. The highest BCUT2D eigenvalue weighted by Gasteiger charge is 2.25. The van der Waals surface area contributed by atoms with Gasteiger partial charge in [-0.25, -0.2) is 4.98 Å². The van der Waals surface area contributed by atoms with Gasteiger partial charge < -0.3 is 10.1 Å². The van der Waals surface area contributed by atoms with Gasteiger partial charge in [-0.15, -0.1) is 11.3 Å². The van der Waals surface area contributed by atoms with E-state index in [9.17, 15) is 9.59 Å². The maximum atomic E-state index is 13.8. The van der Waals surface area contributed by atoms with E-state index in [-0.39, 0.29) is 17.2 Å². The second kappa shape index (κ2) is 9.64. The molecule has 0 fully saturated rings. The number of hydrogen-bond acceptors (Lipinski definition) is 6.